The second-order valence-electron chi connectivity index (χ2n) is 10.2. The molecule has 2 N–H and O–H groups in total. The van der Waals surface area contributed by atoms with Gasteiger partial charge in [-0.25, -0.2) is 13.2 Å². The Bertz CT molecular complexity index is 1480. The van der Waals surface area contributed by atoms with Gasteiger partial charge >= 0.3 is 6.03 Å². The summed E-state index contributed by atoms with van der Waals surface area (Å²) in [5.41, 5.74) is 2.36. The fourth-order valence-electron chi connectivity index (χ4n) is 4.59. The van der Waals surface area contributed by atoms with Gasteiger partial charge in [0.1, 0.15) is 22.5 Å². The van der Waals surface area contributed by atoms with Gasteiger partial charge in [-0.05, 0) is 42.3 Å². The number of hydrogen-bond acceptors (Lipinski definition) is 6. The number of sulfonamides is 1. The van der Waals surface area contributed by atoms with Crippen LogP contribution in [0.1, 0.15) is 25.0 Å². The van der Waals surface area contributed by atoms with Crippen molar-refractivity contribution in [1.82, 2.24) is 9.21 Å². The Morgan fingerprint density at radius 2 is 1.85 bits per heavy atom. The Morgan fingerprint density at radius 1 is 1.12 bits per heavy atom. The number of nitrogens with zero attached hydrogens (tertiary/aromatic N) is 2. The predicted molar refractivity (Wildman–Crippen MR) is 160 cm³/mol. The van der Waals surface area contributed by atoms with Crippen molar-refractivity contribution in [2.45, 2.75) is 30.9 Å². The SMILES string of the molecule is COc1cccc(NC(=O)N(C)C[C@H]2Oc3cc(/C=C/c4ccccc4)ccc3S(=O)(=O)N([C@H](C)CO)C[C@H]2C)c1. The highest BCUT2D eigenvalue weighted by atomic mass is 32.2. The summed E-state index contributed by atoms with van der Waals surface area (Å²) in [6.07, 6.45) is 3.30. The number of methoxy groups -OCH3 is 1. The van der Waals surface area contributed by atoms with E-state index in [9.17, 15) is 18.3 Å². The van der Waals surface area contributed by atoms with E-state index in [2.05, 4.69) is 5.32 Å². The smallest absolute Gasteiger partial charge is 0.321 e. The molecule has 218 valence electrons. The van der Waals surface area contributed by atoms with Crippen molar-refractivity contribution >= 4 is 33.9 Å². The maximum atomic E-state index is 13.7. The Kier molecular flexibility index (Phi) is 9.69. The number of nitrogens with one attached hydrogen (secondary N) is 1. The molecule has 3 aromatic carbocycles. The van der Waals surface area contributed by atoms with Gasteiger partial charge in [0, 0.05) is 37.3 Å². The Balaban J connectivity index is 1.64. The first-order valence-corrected chi connectivity index (χ1v) is 14.9. The zero-order valence-corrected chi connectivity index (χ0v) is 24.5. The molecule has 41 heavy (non-hydrogen) atoms. The lowest BCUT2D eigenvalue weighted by molar-refractivity contribution is 0.0830. The highest BCUT2D eigenvalue weighted by molar-refractivity contribution is 7.89. The van der Waals surface area contributed by atoms with Crippen LogP contribution in [0.2, 0.25) is 0 Å². The van der Waals surface area contributed by atoms with Crippen LogP contribution in [0.15, 0.2) is 77.7 Å². The maximum absolute atomic E-state index is 13.7. The number of fused-ring (bicyclic) bond motifs is 1. The summed E-state index contributed by atoms with van der Waals surface area (Å²) in [7, 11) is -0.747. The van der Waals surface area contributed by atoms with E-state index in [1.165, 1.54) is 9.21 Å². The van der Waals surface area contributed by atoms with Crippen LogP contribution in [0.25, 0.3) is 12.2 Å². The Labute approximate surface area is 242 Å². The highest BCUT2D eigenvalue weighted by Crippen LogP contribution is 2.34. The molecule has 0 bridgehead atoms. The monoisotopic (exact) mass is 579 g/mol. The topological polar surface area (TPSA) is 108 Å². The van der Waals surface area contributed by atoms with Gasteiger partial charge < -0.3 is 24.8 Å². The molecule has 0 spiro atoms. The molecule has 0 unspecified atom stereocenters. The highest BCUT2D eigenvalue weighted by Gasteiger charge is 2.38. The van der Waals surface area contributed by atoms with Gasteiger partial charge in [-0.2, -0.15) is 4.31 Å². The van der Waals surface area contributed by atoms with Crippen LogP contribution in [-0.4, -0.2) is 74.8 Å². The van der Waals surface area contributed by atoms with Gasteiger partial charge in [-0.3, -0.25) is 0 Å². The van der Waals surface area contributed by atoms with Crippen molar-refractivity contribution < 1.29 is 27.8 Å². The number of ether oxygens (including phenoxy) is 2. The van der Waals surface area contributed by atoms with Gasteiger partial charge in [0.05, 0.1) is 20.3 Å². The summed E-state index contributed by atoms with van der Waals surface area (Å²) in [6, 6.07) is 20.8. The number of hydrogen-bond donors (Lipinski definition) is 2. The first kappa shape index (κ1) is 30.1. The molecule has 0 saturated carbocycles. The van der Waals surface area contributed by atoms with Crippen molar-refractivity contribution in [2.75, 3.05) is 39.2 Å². The Morgan fingerprint density at radius 3 is 2.56 bits per heavy atom. The molecular formula is C31H37N3O6S. The molecule has 0 fully saturated rings. The van der Waals surface area contributed by atoms with Crippen LogP contribution in [0.3, 0.4) is 0 Å². The van der Waals surface area contributed by atoms with Crippen LogP contribution in [-0.2, 0) is 10.0 Å². The minimum Gasteiger partial charge on any atom is -0.497 e. The molecule has 3 aromatic rings. The number of amides is 2. The molecule has 0 aliphatic carbocycles. The number of anilines is 1. The second-order valence-corrected chi connectivity index (χ2v) is 12.1. The standard InChI is InChI=1S/C31H37N3O6S/c1-22-19-34(23(2)21-35)41(37,38)30-16-15-25(14-13-24-9-6-5-7-10-24)17-28(30)40-29(22)20-33(3)31(36)32-26-11-8-12-27(18-26)39-4/h5-18,22-23,29,35H,19-21H2,1-4H3,(H,32,36)/b14-13+/t22-,23-,29-/m1/s1. The zero-order valence-electron chi connectivity index (χ0n) is 23.7. The maximum Gasteiger partial charge on any atom is 0.321 e. The Hall–Kier alpha value is -3.86. The summed E-state index contributed by atoms with van der Waals surface area (Å²) in [4.78, 5) is 14.6. The average Bonchev–Trinajstić information content (AvgIpc) is 2.97. The van der Waals surface area contributed by atoms with Gasteiger partial charge in [-0.1, -0.05) is 61.5 Å². The fourth-order valence-corrected chi connectivity index (χ4v) is 6.42. The molecular weight excluding hydrogens is 542 g/mol. The molecule has 9 nitrogen and oxygen atoms in total. The summed E-state index contributed by atoms with van der Waals surface area (Å²) in [5.74, 6) is 0.520. The molecule has 0 saturated heterocycles. The van der Waals surface area contributed by atoms with E-state index in [4.69, 9.17) is 9.47 Å². The first-order chi connectivity index (χ1) is 19.6. The largest absolute Gasteiger partial charge is 0.497 e. The molecule has 0 aromatic heterocycles. The van der Waals surface area contributed by atoms with Crippen molar-refractivity contribution in [3.05, 3.63) is 83.9 Å². The normalized spacial score (nSPS) is 19.3. The van der Waals surface area contributed by atoms with Gasteiger partial charge in [0.15, 0.2) is 0 Å². The third kappa shape index (κ3) is 7.27. The van der Waals surface area contributed by atoms with Crippen molar-refractivity contribution in [3.8, 4) is 11.5 Å². The minimum atomic E-state index is -3.97. The first-order valence-electron chi connectivity index (χ1n) is 13.4. The third-order valence-corrected chi connectivity index (χ3v) is 9.10. The molecule has 1 aliphatic rings. The summed E-state index contributed by atoms with van der Waals surface area (Å²) in [6.45, 7) is 3.55. The average molecular weight is 580 g/mol. The van der Waals surface area contributed by atoms with Gasteiger partial charge in [-0.15, -0.1) is 0 Å². The summed E-state index contributed by atoms with van der Waals surface area (Å²) in [5, 5.41) is 12.7. The van der Waals surface area contributed by atoms with E-state index < -0.39 is 22.2 Å². The number of aliphatic hydroxyl groups is 1. The van der Waals surface area contributed by atoms with E-state index in [0.717, 1.165) is 11.1 Å². The number of aliphatic hydroxyl groups excluding tert-OH is 1. The third-order valence-electron chi connectivity index (χ3n) is 7.08. The molecule has 1 aliphatic heterocycles. The van der Waals surface area contributed by atoms with Crippen LogP contribution >= 0.6 is 0 Å². The molecule has 4 rings (SSSR count). The van der Waals surface area contributed by atoms with Crippen LogP contribution in [0, 0.1) is 5.92 Å². The van der Waals surface area contributed by atoms with Gasteiger partial charge in [0.25, 0.3) is 0 Å². The predicted octanol–water partition coefficient (Wildman–Crippen LogP) is 4.80. The van der Waals surface area contributed by atoms with Crippen LogP contribution in [0.4, 0.5) is 10.5 Å². The molecule has 1 heterocycles. The van der Waals surface area contributed by atoms with Crippen LogP contribution < -0.4 is 14.8 Å². The number of carbonyl (C=O) groups excluding carboxylic acids is 1. The van der Waals surface area contributed by atoms with E-state index in [1.54, 1.807) is 63.5 Å². The quantitative estimate of drug-likeness (QED) is 0.371. The van der Waals surface area contributed by atoms with Gasteiger partial charge in [0.2, 0.25) is 10.0 Å². The van der Waals surface area contributed by atoms with E-state index in [0.29, 0.717) is 11.4 Å². The van der Waals surface area contributed by atoms with Crippen LogP contribution in [0.5, 0.6) is 11.5 Å². The van der Waals surface area contributed by atoms with E-state index >= 15 is 0 Å². The number of carbonyl (C=O) groups is 1. The van der Waals surface area contributed by atoms with Crippen molar-refractivity contribution in [3.63, 3.8) is 0 Å². The van der Waals surface area contributed by atoms with Crippen molar-refractivity contribution in [2.24, 2.45) is 5.92 Å². The number of rotatable bonds is 8. The molecule has 2 amide bonds. The number of urea groups is 1. The van der Waals surface area contributed by atoms with E-state index in [1.807, 2.05) is 49.4 Å². The lowest BCUT2D eigenvalue weighted by atomic mass is 10.0. The molecule has 0 radical (unpaired) electrons. The summed E-state index contributed by atoms with van der Waals surface area (Å²) < 4.78 is 40.4. The van der Waals surface area contributed by atoms with Crippen molar-refractivity contribution in [1.29, 1.82) is 0 Å². The molecule has 3 atom stereocenters. The molecule has 10 heteroatoms. The fraction of sp³-hybridized carbons (Fsp3) is 0.323. The zero-order chi connectivity index (χ0) is 29.6. The second kappa shape index (κ2) is 13.2. The lowest BCUT2D eigenvalue weighted by Gasteiger charge is -2.37. The number of benzene rings is 3. The summed E-state index contributed by atoms with van der Waals surface area (Å²) >= 11 is 0. The van der Waals surface area contributed by atoms with E-state index in [-0.39, 0.29) is 42.3 Å². The minimum absolute atomic E-state index is 0.0232. The lowest BCUT2D eigenvalue weighted by Crippen LogP contribution is -2.50. The number of likely N-dealkylation sites (N-methyl/N-ethyl adjacent to an activating group) is 1.